The first-order valence-corrected chi connectivity index (χ1v) is 27.5. The van der Waals surface area contributed by atoms with Gasteiger partial charge >= 0.3 is 10.4 Å². The van der Waals surface area contributed by atoms with Gasteiger partial charge in [-0.05, 0) is 19.3 Å². The first kappa shape index (κ1) is 60.8. The monoisotopic (exact) mass is 936 g/mol. The molecular weight excluding hydrogens is 839 g/mol. The fourth-order valence-corrected chi connectivity index (χ4v) is 9.03. The molecule has 0 radical (unpaired) electrons. The summed E-state index contributed by atoms with van der Waals surface area (Å²) in [7, 11) is -5.12. The predicted molar refractivity (Wildman–Crippen MR) is 256 cm³/mol. The first-order chi connectivity index (χ1) is 30.9. The lowest BCUT2D eigenvalue weighted by molar-refractivity contribution is -0.298. The minimum absolute atomic E-state index is 0.248. The number of carbonyl (C=O) groups excluding carboxylic acids is 1. The third kappa shape index (κ3) is 32.5. The maximum absolute atomic E-state index is 13.2. The third-order valence-electron chi connectivity index (χ3n) is 12.7. The summed E-state index contributed by atoms with van der Waals surface area (Å²) in [5, 5.41) is 55.4. The molecule has 380 valence electrons. The minimum atomic E-state index is -5.12. The molecule has 0 aromatic heterocycles. The van der Waals surface area contributed by atoms with E-state index in [0.29, 0.717) is 12.8 Å². The number of aliphatic hydroxyl groups excluding tert-OH is 5. The van der Waals surface area contributed by atoms with Gasteiger partial charge in [-0.25, -0.2) is 4.18 Å². The predicted octanol–water partition coefficient (Wildman–Crippen LogP) is 10.1. The summed E-state index contributed by atoms with van der Waals surface area (Å²) < 4.78 is 47.6. The fraction of sp³-hybridized carbons (Fsp3) is 0.940. The van der Waals surface area contributed by atoms with Gasteiger partial charge < -0.3 is 40.3 Å². The molecule has 7 N–H and O–H groups in total. The topological polar surface area (TPSA) is 212 Å². The highest BCUT2D eigenvalue weighted by Crippen LogP contribution is 2.26. The summed E-state index contributed by atoms with van der Waals surface area (Å²) in [6, 6.07) is -1.11. The Morgan fingerprint density at radius 2 is 1.02 bits per heavy atom. The normalized spacial score (nSPS) is 20.8. The molecule has 0 bridgehead atoms. The van der Waals surface area contributed by atoms with Gasteiger partial charge in [0.2, 0.25) is 5.91 Å². The Morgan fingerprint density at radius 1 is 0.625 bits per heavy atom. The number of aliphatic hydroxyl groups is 5. The van der Waals surface area contributed by atoms with Crippen molar-refractivity contribution in [2.24, 2.45) is 0 Å². The van der Waals surface area contributed by atoms with Crippen LogP contribution in [0.1, 0.15) is 239 Å². The van der Waals surface area contributed by atoms with Gasteiger partial charge in [0.25, 0.3) is 0 Å². The molecule has 1 aliphatic rings. The molecule has 8 atom stereocenters. The van der Waals surface area contributed by atoms with E-state index in [1.807, 2.05) is 6.08 Å². The summed E-state index contributed by atoms with van der Waals surface area (Å²) in [5.74, 6) is -0.697. The molecule has 0 aromatic rings. The Hall–Kier alpha value is -1.20. The van der Waals surface area contributed by atoms with Crippen LogP contribution >= 0.6 is 0 Å². The molecule has 0 aromatic carbocycles. The highest BCUT2D eigenvalue weighted by atomic mass is 32.3. The second-order valence-electron chi connectivity index (χ2n) is 18.6. The number of ether oxygens (including phenoxy) is 2. The van der Waals surface area contributed by atoms with Crippen molar-refractivity contribution in [1.82, 2.24) is 5.32 Å². The summed E-state index contributed by atoms with van der Waals surface area (Å²) >= 11 is 0. The lowest BCUT2D eigenvalue weighted by atomic mass is 9.99. The molecule has 1 rings (SSSR count). The van der Waals surface area contributed by atoms with Crippen molar-refractivity contribution in [2.75, 3.05) is 13.2 Å². The smallest absolute Gasteiger partial charge is 0.394 e. The number of nitrogens with one attached hydrogen (secondary N) is 1. The quantitative estimate of drug-likeness (QED) is 0.0173. The van der Waals surface area contributed by atoms with E-state index in [4.69, 9.17) is 9.47 Å². The van der Waals surface area contributed by atoms with Crippen LogP contribution in [0.3, 0.4) is 0 Å². The fourth-order valence-electron chi connectivity index (χ4n) is 8.52. The number of carbonyl (C=O) groups is 1. The van der Waals surface area contributed by atoms with Crippen LogP contribution in [0.2, 0.25) is 0 Å². The van der Waals surface area contributed by atoms with E-state index in [-0.39, 0.29) is 6.42 Å². The first-order valence-electron chi connectivity index (χ1n) is 26.2. The van der Waals surface area contributed by atoms with Crippen LogP contribution in [0.5, 0.6) is 0 Å². The molecule has 1 fully saturated rings. The van der Waals surface area contributed by atoms with Crippen molar-refractivity contribution >= 4 is 16.3 Å². The molecule has 64 heavy (non-hydrogen) atoms. The molecule has 13 nitrogen and oxygen atoms in total. The molecule has 1 saturated heterocycles. The van der Waals surface area contributed by atoms with Crippen LogP contribution in [-0.4, -0.2) is 107 Å². The molecular formula is C50H97NO12S. The van der Waals surface area contributed by atoms with Gasteiger partial charge in [-0.2, -0.15) is 8.42 Å². The molecule has 1 aliphatic heterocycles. The average Bonchev–Trinajstić information content (AvgIpc) is 3.27. The second kappa shape index (κ2) is 40.8. The zero-order valence-corrected chi connectivity index (χ0v) is 41.3. The van der Waals surface area contributed by atoms with Gasteiger partial charge in [0, 0.05) is 0 Å². The molecule has 1 heterocycles. The van der Waals surface area contributed by atoms with Gasteiger partial charge in [0.1, 0.15) is 30.5 Å². The van der Waals surface area contributed by atoms with Crippen molar-refractivity contribution in [2.45, 2.75) is 288 Å². The zero-order chi connectivity index (χ0) is 47.1. The standard InChI is InChI=1S/C50H97NO12S/c1-3-5-7-9-11-13-15-17-19-21-23-25-27-29-31-33-35-37-39-44(54)49(57)51-42(41-61-50-47(56)48(63-64(58,59)60)46(55)45(40-52)62-50)43(53)38-36-34-32-30-28-26-24-22-20-18-16-14-12-10-8-6-4-2/h36,38,42-48,50,52-56H,3-35,37,39-41H2,1-2H3,(H,51,57)(H,58,59,60)/b38-36+. The van der Waals surface area contributed by atoms with E-state index in [2.05, 4.69) is 23.3 Å². The van der Waals surface area contributed by atoms with Gasteiger partial charge in [0.15, 0.2) is 6.29 Å². The van der Waals surface area contributed by atoms with Crippen LogP contribution in [0.25, 0.3) is 0 Å². The van der Waals surface area contributed by atoms with Crippen LogP contribution in [0, 0.1) is 0 Å². The molecule has 14 heteroatoms. The summed E-state index contributed by atoms with van der Waals surface area (Å²) in [6.45, 7) is 3.25. The summed E-state index contributed by atoms with van der Waals surface area (Å²) in [4.78, 5) is 13.2. The van der Waals surface area contributed by atoms with Crippen LogP contribution in [0.15, 0.2) is 12.2 Å². The summed E-state index contributed by atoms with van der Waals surface area (Å²) in [5.41, 5.74) is 0. The Balaban J connectivity index is 2.50. The van der Waals surface area contributed by atoms with E-state index in [1.54, 1.807) is 6.08 Å². The largest absolute Gasteiger partial charge is 0.397 e. The van der Waals surface area contributed by atoms with Crippen LogP contribution < -0.4 is 5.32 Å². The molecule has 8 unspecified atom stereocenters. The van der Waals surface area contributed by atoms with E-state index in [1.165, 1.54) is 167 Å². The van der Waals surface area contributed by atoms with Gasteiger partial charge in [-0.3, -0.25) is 9.35 Å². The van der Waals surface area contributed by atoms with E-state index >= 15 is 0 Å². The summed E-state index contributed by atoms with van der Waals surface area (Å²) in [6.07, 6.45) is 34.2. The highest BCUT2D eigenvalue weighted by molar-refractivity contribution is 7.80. The maximum atomic E-state index is 13.2. The van der Waals surface area contributed by atoms with Gasteiger partial charge in [-0.15, -0.1) is 0 Å². The lowest BCUT2D eigenvalue weighted by Crippen LogP contribution is -2.61. The number of amides is 1. The van der Waals surface area contributed by atoms with Crippen molar-refractivity contribution in [3.8, 4) is 0 Å². The van der Waals surface area contributed by atoms with E-state index in [9.17, 15) is 43.3 Å². The van der Waals surface area contributed by atoms with Crippen LogP contribution in [0.4, 0.5) is 0 Å². The zero-order valence-electron chi connectivity index (χ0n) is 40.5. The lowest BCUT2D eigenvalue weighted by Gasteiger charge is -2.41. The Morgan fingerprint density at radius 3 is 1.41 bits per heavy atom. The SMILES string of the molecule is CCCCCCCCCCCCCCCCC/C=C/C(O)C(COC1OC(CO)C(O)C(OS(=O)(=O)O)C1O)NC(=O)C(O)CCCCCCCCCCCCCCCCCCCC. The molecule has 0 saturated carbocycles. The number of allylic oxidation sites excluding steroid dienone is 1. The van der Waals surface area contributed by atoms with Crippen molar-refractivity contribution in [3.63, 3.8) is 0 Å². The third-order valence-corrected chi connectivity index (χ3v) is 13.1. The van der Waals surface area contributed by atoms with Crippen molar-refractivity contribution in [3.05, 3.63) is 12.2 Å². The van der Waals surface area contributed by atoms with Gasteiger partial charge in [0.05, 0.1) is 25.4 Å². The molecule has 0 aliphatic carbocycles. The molecule has 0 spiro atoms. The minimum Gasteiger partial charge on any atom is -0.394 e. The Bertz CT molecular complexity index is 1210. The van der Waals surface area contributed by atoms with Crippen molar-refractivity contribution < 1.29 is 57.0 Å². The number of rotatable bonds is 45. The second-order valence-corrected chi connectivity index (χ2v) is 19.7. The molecule has 1 amide bonds. The number of hydrogen-bond acceptors (Lipinski definition) is 11. The van der Waals surface area contributed by atoms with Crippen LogP contribution in [-0.2, 0) is 28.9 Å². The van der Waals surface area contributed by atoms with E-state index in [0.717, 1.165) is 38.5 Å². The van der Waals surface area contributed by atoms with Gasteiger partial charge in [-0.1, -0.05) is 231 Å². The number of hydrogen-bond donors (Lipinski definition) is 7. The maximum Gasteiger partial charge on any atom is 0.397 e. The highest BCUT2D eigenvalue weighted by Gasteiger charge is 2.48. The average molecular weight is 936 g/mol. The Kier molecular flexibility index (Phi) is 38.8. The van der Waals surface area contributed by atoms with Crippen molar-refractivity contribution in [1.29, 1.82) is 0 Å². The van der Waals surface area contributed by atoms with E-state index < -0.39 is 78.5 Å². The number of unbranched alkanes of at least 4 members (excludes halogenated alkanes) is 32. The Labute approximate surface area is 390 Å².